The molecule has 0 fully saturated rings. The fourth-order valence-electron chi connectivity index (χ4n) is 23.9. The number of fused-ring (bicyclic) bond motifs is 33. The SMILES string of the molecule is CC1(C)c2ccccc2-c2ccc(N(c3ccc(-c4cccc(-c5ccc(-c6ccc(N(c7ccc(-c8ccccc8)cc7)c7cccc8c7C7(c9ccccc9-c9cc%10c%11ccccc%11c%11ccccc%11c%10cc97)c7ccccc7-8)cc6)cc5)c4)cc3)c3cccc4c3C3(c5ccccc5-4)c4ccccc4-c4c3cc3c5c(cccc45)-c4ccccc4-3)cc21. The average Bonchev–Trinajstić information content (AvgIpc) is 1.34. The highest BCUT2D eigenvalue weighted by Gasteiger charge is 2.56. The van der Waals surface area contributed by atoms with Crippen LogP contribution in [0.2, 0.25) is 0 Å². The number of rotatable bonds is 10. The first-order chi connectivity index (χ1) is 61.8. The molecule has 27 rings (SSSR count). The zero-order valence-electron chi connectivity index (χ0n) is 69.0. The van der Waals surface area contributed by atoms with E-state index in [4.69, 9.17) is 0 Å². The zero-order valence-corrected chi connectivity index (χ0v) is 69.0. The van der Waals surface area contributed by atoms with Crippen LogP contribution in [0.25, 0.3) is 165 Å². The van der Waals surface area contributed by atoms with Crippen molar-refractivity contribution in [3.63, 3.8) is 0 Å². The van der Waals surface area contributed by atoms with Crippen LogP contribution >= 0.6 is 0 Å². The van der Waals surface area contributed by atoms with Gasteiger partial charge in [0.25, 0.3) is 0 Å². The maximum Gasteiger partial charge on any atom is 0.0746 e. The smallest absolute Gasteiger partial charge is 0.0746 e. The molecule has 580 valence electrons. The van der Waals surface area contributed by atoms with Crippen LogP contribution in [0.15, 0.2) is 437 Å². The van der Waals surface area contributed by atoms with Crippen LogP contribution in [0.4, 0.5) is 34.1 Å². The molecule has 2 atom stereocenters. The molecule has 2 spiro atoms. The number of anilines is 6. The van der Waals surface area contributed by atoms with Crippen molar-refractivity contribution >= 4 is 77.2 Å². The van der Waals surface area contributed by atoms with Crippen molar-refractivity contribution < 1.29 is 0 Å². The van der Waals surface area contributed by atoms with Gasteiger partial charge in [0, 0.05) is 39.3 Å². The summed E-state index contributed by atoms with van der Waals surface area (Å²) in [5.74, 6) is 0. The topological polar surface area (TPSA) is 6.48 Å². The van der Waals surface area contributed by atoms with E-state index in [2.05, 4.69) is 460 Å². The van der Waals surface area contributed by atoms with E-state index < -0.39 is 10.8 Å². The normalized spacial score (nSPS) is 15.4. The van der Waals surface area contributed by atoms with Gasteiger partial charge in [-0.15, -0.1) is 0 Å². The molecule has 0 saturated heterocycles. The quantitative estimate of drug-likeness (QED) is 0.126. The molecule has 0 aliphatic heterocycles. The molecule has 0 heterocycles. The number of nitrogens with zero attached hydrogens (tertiary/aromatic N) is 2. The van der Waals surface area contributed by atoms with E-state index in [9.17, 15) is 0 Å². The fraction of sp³-hybridized carbons (Fsp3) is 0.0407. The second-order valence-electron chi connectivity index (χ2n) is 35.5. The van der Waals surface area contributed by atoms with Crippen molar-refractivity contribution in [1.29, 1.82) is 0 Å². The lowest BCUT2D eigenvalue weighted by Crippen LogP contribution is -2.28. The maximum atomic E-state index is 2.60. The molecule has 0 radical (unpaired) electrons. The molecule has 21 aromatic carbocycles. The Morgan fingerprint density at radius 1 is 0.168 bits per heavy atom. The molecule has 0 aromatic heterocycles. The van der Waals surface area contributed by atoms with E-state index in [0.717, 1.165) is 67.5 Å². The van der Waals surface area contributed by atoms with Crippen molar-refractivity contribution in [3.05, 3.63) is 492 Å². The summed E-state index contributed by atoms with van der Waals surface area (Å²) in [5.41, 5.74) is 45.8. The summed E-state index contributed by atoms with van der Waals surface area (Å²) < 4.78 is 0. The lowest BCUT2D eigenvalue weighted by atomic mass is 9.69. The number of benzene rings is 21. The van der Waals surface area contributed by atoms with Gasteiger partial charge in [0.05, 0.1) is 22.2 Å². The predicted octanol–water partition coefficient (Wildman–Crippen LogP) is 32.5. The van der Waals surface area contributed by atoms with Gasteiger partial charge < -0.3 is 9.80 Å². The number of hydrogen-bond donors (Lipinski definition) is 0. The minimum atomic E-state index is -0.661. The molecule has 0 saturated carbocycles. The summed E-state index contributed by atoms with van der Waals surface area (Å²) in [5, 5.41) is 10.3. The molecule has 0 amide bonds. The Morgan fingerprint density at radius 2 is 0.504 bits per heavy atom. The van der Waals surface area contributed by atoms with Crippen LogP contribution in [0.1, 0.15) is 69.5 Å². The molecule has 125 heavy (non-hydrogen) atoms. The van der Waals surface area contributed by atoms with Crippen molar-refractivity contribution in [2.24, 2.45) is 0 Å². The summed E-state index contributed by atoms with van der Waals surface area (Å²) in [6.45, 7) is 4.80. The maximum absolute atomic E-state index is 2.60. The van der Waals surface area contributed by atoms with Gasteiger partial charge in [-0.1, -0.05) is 366 Å². The summed E-state index contributed by atoms with van der Waals surface area (Å²) in [6, 6.07) is 166. The summed E-state index contributed by atoms with van der Waals surface area (Å²) in [4.78, 5) is 5.13. The van der Waals surface area contributed by atoms with Crippen LogP contribution in [-0.4, -0.2) is 0 Å². The fourth-order valence-corrected chi connectivity index (χ4v) is 23.9. The largest absolute Gasteiger partial charge is 0.310 e. The Bertz CT molecular complexity index is 8230. The minimum Gasteiger partial charge on any atom is -0.310 e. The Labute approximate surface area is 726 Å². The molecule has 0 bridgehead atoms. The molecule has 6 aliphatic rings. The van der Waals surface area contributed by atoms with Gasteiger partial charge >= 0.3 is 0 Å². The van der Waals surface area contributed by atoms with E-state index in [1.807, 2.05) is 0 Å². The van der Waals surface area contributed by atoms with Crippen molar-refractivity contribution in [2.75, 3.05) is 9.80 Å². The third-order valence-electron chi connectivity index (χ3n) is 29.2. The monoisotopic (exact) mass is 1580 g/mol. The van der Waals surface area contributed by atoms with Gasteiger partial charge in [-0.2, -0.15) is 0 Å². The molecular formula is C123H78N2. The first-order valence-electron chi connectivity index (χ1n) is 43.9. The van der Waals surface area contributed by atoms with Crippen LogP contribution in [0.5, 0.6) is 0 Å². The lowest BCUT2D eigenvalue weighted by molar-refractivity contribution is 0.660. The Hall–Kier alpha value is -15.7. The summed E-state index contributed by atoms with van der Waals surface area (Å²) in [7, 11) is 0. The van der Waals surface area contributed by atoms with E-state index in [0.29, 0.717) is 0 Å². The standard InChI is InChI=1S/C123H78N2/c1-121(2)107-45-17-12-36-93(107)97-69-68-86(71-112(97)121)125(116-51-25-43-100-95-38-14-19-47-109(95)123(120(100)116)111-49-21-16-40-101(111)118-102-44-23-41-98-89-32-8-11-35-92(89)106(117(98)102)74-114(118)123)85-66-60-80(61-67-85)82-29-22-28-81(70-82)79-54-52-76(53-55-79)78-58-64-84(65-59-78)124(83-62-56-77(57-63-83)75-26-4-3-5-27-75)115-50-24-42-99-94-37-13-18-46-108(94)122(119(99)115)110-48-20-15-39-96(110)105-72-103-90-33-9-6-30-87(90)88-31-7-10-34-91(88)104(103)73-113(105)122/h3-74H,1-2H3. The van der Waals surface area contributed by atoms with Gasteiger partial charge in [0.15, 0.2) is 0 Å². The van der Waals surface area contributed by atoms with Crippen LogP contribution < -0.4 is 9.80 Å². The van der Waals surface area contributed by atoms with Crippen LogP contribution in [0, 0.1) is 0 Å². The highest BCUT2D eigenvalue weighted by atomic mass is 15.2. The molecule has 2 unspecified atom stereocenters. The molecule has 2 heteroatoms. The average molecular weight is 1580 g/mol. The molecule has 0 N–H and O–H groups in total. The molecule has 21 aromatic rings. The minimum absolute atomic E-state index is 0.222. The second-order valence-corrected chi connectivity index (χ2v) is 35.5. The van der Waals surface area contributed by atoms with Crippen molar-refractivity contribution in [3.8, 4) is 122 Å². The van der Waals surface area contributed by atoms with Crippen molar-refractivity contribution in [1.82, 2.24) is 0 Å². The van der Waals surface area contributed by atoms with Gasteiger partial charge in [-0.05, 0) is 295 Å². The summed E-state index contributed by atoms with van der Waals surface area (Å²) >= 11 is 0. The van der Waals surface area contributed by atoms with Gasteiger partial charge in [0.1, 0.15) is 0 Å². The second kappa shape index (κ2) is 26.1. The van der Waals surface area contributed by atoms with Crippen LogP contribution in [-0.2, 0) is 16.2 Å². The highest BCUT2D eigenvalue weighted by molar-refractivity contribution is 6.27. The molecule has 6 aliphatic carbocycles. The van der Waals surface area contributed by atoms with Gasteiger partial charge in [0.2, 0.25) is 0 Å². The van der Waals surface area contributed by atoms with E-state index in [-0.39, 0.29) is 5.41 Å². The zero-order chi connectivity index (χ0) is 82.1. The summed E-state index contributed by atoms with van der Waals surface area (Å²) in [6.07, 6.45) is 0. The van der Waals surface area contributed by atoms with Gasteiger partial charge in [-0.3, -0.25) is 0 Å². The highest BCUT2D eigenvalue weighted by Crippen LogP contribution is 2.70. The molecular weight excluding hydrogens is 1510 g/mol. The van der Waals surface area contributed by atoms with E-state index in [1.54, 1.807) is 0 Å². The van der Waals surface area contributed by atoms with Crippen LogP contribution in [0.3, 0.4) is 0 Å². The predicted molar refractivity (Wildman–Crippen MR) is 522 cm³/mol. The first kappa shape index (κ1) is 70.0. The Morgan fingerprint density at radius 3 is 1.04 bits per heavy atom. The van der Waals surface area contributed by atoms with Crippen molar-refractivity contribution in [2.45, 2.75) is 30.1 Å². The van der Waals surface area contributed by atoms with E-state index >= 15 is 0 Å². The number of hydrogen-bond acceptors (Lipinski definition) is 2. The third-order valence-corrected chi connectivity index (χ3v) is 29.2. The lowest BCUT2D eigenvalue weighted by Gasteiger charge is -2.36. The van der Waals surface area contributed by atoms with E-state index in [1.165, 1.54) is 188 Å². The third kappa shape index (κ3) is 9.58. The van der Waals surface area contributed by atoms with Gasteiger partial charge in [-0.25, -0.2) is 0 Å². The Balaban J connectivity index is 0.559. The first-order valence-corrected chi connectivity index (χ1v) is 43.9. The Kier molecular flexibility index (Phi) is 14.6. The molecule has 2 nitrogen and oxygen atoms in total.